The maximum absolute atomic E-state index is 11.8. The number of aromatic nitrogens is 4. The van der Waals surface area contributed by atoms with E-state index in [2.05, 4.69) is 32.6 Å². The maximum Gasteiger partial charge on any atom is 0.273 e. The number of pyridine rings is 1. The van der Waals surface area contributed by atoms with E-state index in [0.717, 1.165) is 16.9 Å². The molecule has 0 aliphatic heterocycles. The van der Waals surface area contributed by atoms with Gasteiger partial charge in [0.05, 0.1) is 6.20 Å². The topological polar surface area (TPSA) is 92.8 Å². The first-order valence-corrected chi connectivity index (χ1v) is 7.46. The molecular weight excluding hydrogens is 306 g/mol. The maximum atomic E-state index is 11.8. The summed E-state index contributed by atoms with van der Waals surface area (Å²) in [5.74, 6) is 0.915. The summed E-state index contributed by atoms with van der Waals surface area (Å²) in [6.07, 6.45) is 3.02. The number of hydrogen-bond donors (Lipinski definition) is 2. The zero-order valence-corrected chi connectivity index (χ0v) is 13.4. The lowest BCUT2D eigenvalue weighted by Gasteiger charge is -2.09. The van der Waals surface area contributed by atoms with E-state index in [-0.39, 0.29) is 11.6 Å². The van der Waals surface area contributed by atoms with Crippen LogP contribution in [0.5, 0.6) is 11.6 Å². The van der Waals surface area contributed by atoms with Crippen molar-refractivity contribution in [2.45, 2.75) is 20.4 Å². The van der Waals surface area contributed by atoms with Crippen molar-refractivity contribution >= 4 is 5.91 Å². The van der Waals surface area contributed by atoms with Crippen LogP contribution in [0.15, 0.2) is 42.7 Å². The third kappa shape index (κ3) is 3.75. The molecule has 0 spiro atoms. The number of nitrogens with zero attached hydrogens (tertiary/aromatic N) is 3. The van der Waals surface area contributed by atoms with Crippen molar-refractivity contribution in [3.63, 3.8) is 0 Å². The Morgan fingerprint density at radius 2 is 2.08 bits per heavy atom. The monoisotopic (exact) mass is 323 g/mol. The second kappa shape index (κ2) is 6.91. The first-order chi connectivity index (χ1) is 11.6. The Morgan fingerprint density at radius 1 is 1.21 bits per heavy atom. The molecule has 0 atom stereocenters. The lowest BCUT2D eigenvalue weighted by atomic mass is 10.1. The molecule has 3 aromatic rings. The predicted octanol–water partition coefficient (Wildman–Crippen LogP) is 2.54. The summed E-state index contributed by atoms with van der Waals surface area (Å²) in [7, 11) is 0. The minimum Gasteiger partial charge on any atom is -0.439 e. The number of benzene rings is 1. The number of amides is 1. The molecule has 0 fully saturated rings. The second-order valence-electron chi connectivity index (χ2n) is 5.39. The standard InChI is InChI=1S/C17H17N5O2/c1-11-3-4-14(7-12(11)2)24-16-8-13(5-6-18-16)9-19-17(23)15-10-20-22-21-15/h3-8,10H,9H2,1-2H3,(H,19,23)(H,20,21,22). The first kappa shape index (κ1) is 15.7. The Labute approximate surface area is 139 Å². The molecule has 0 unspecified atom stereocenters. The van der Waals surface area contributed by atoms with Gasteiger partial charge < -0.3 is 10.1 Å². The van der Waals surface area contributed by atoms with Crippen molar-refractivity contribution in [2.75, 3.05) is 0 Å². The number of ether oxygens (including phenoxy) is 1. The summed E-state index contributed by atoms with van der Waals surface area (Å²) in [6, 6.07) is 9.49. The van der Waals surface area contributed by atoms with Crippen LogP contribution in [0.3, 0.4) is 0 Å². The third-order valence-electron chi connectivity index (χ3n) is 3.60. The molecule has 7 heteroatoms. The van der Waals surface area contributed by atoms with Crippen LogP contribution < -0.4 is 10.1 Å². The summed E-state index contributed by atoms with van der Waals surface area (Å²) >= 11 is 0. The van der Waals surface area contributed by atoms with Gasteiger partial charge in [0.2, 0.25) is 5.88 Å². The van der Waals surface area contributed by atoms with E-state index in [1.54, 1.807) is 12.3 Å². The van der Waals surface area contributed by atoms with Gasteiger partial charge in [-0.1, -0.05) is 6.07 Å². The van der Waals surface area contributed by atoms with Gasteiger partial charge in [0.25, 0.3) is 5.91 Å². The normalized spacial score (nSPS) is 10.4. The molecular formula is C17H17N5O2. The second-order valence-corrected chi connectivity index (χ2v) is 5.39. The van der Waals surface area contributed by atoms with E-state index in [0.29, 0.717) is 12.4 Å². The van der Waals surface area contributed by atoms with Gasteiger partial charge in [-0.15, -0.1) is 0 Å². The summed E-state index contributed by atoms with van der Waals surface area (Å²) in [5.41, 5.74) is 3.49. The molecule has 122 valence electrons. The summed E-state index contributed by atoms with van der Waals surface area (Å²) in [6.45, 7) is 4.43. The molecule has 2 aromatic heterocycles. The SMILES string of the molecule is Cc1ccc(Oc2cc(CNC(=O)c3cn[nH]n3)ccn2)cc1C. The lowest BCUT2D eigenvalue weighted by molar-refractivity contribution is 0.0946. The molecule has 2 N–H and O–H groups in total. The number of aryl methyl sites for hydroxylation is 2. The van der Waals surface area contributed by atoms with Crippen molar-refractivity contribution in [1.29, 1.82) is 0 Å². The number of hydrogen-bond acceptors (Lipinski definition) is 5. The smallest absolute Gasteiger partial charge is 0.273 e. The van der Waals surface area contributed by atoms with E-state index in [1.807, 2.05) is 31.2 Å². The lowest BCUT2D eigenvalue weighted by Crippen LogP contribution is -2.23. The molecule has 0 aliphatic carbocycles. The Balaban J connectivity index is 1.65. The number of rotatable bonds is 5. The molecule has 24 heavy (non-hydrogen) atoms. The highest BCUT2D eigenvalue weighted by atomic mass is 16.5. The van der Waals surface area contributed by atoms with E-state index >= 15 is 0 Å². The van der Waals surface area contributed by atoms with Crippen LogP contribution in [0.4, 0.5) is 0 Å². The minimum atomic E-state index is -0.294. The predicted molar refractivity (Wildman–Crippen MR) is 87.8 cm³/mol. The Hall–Kier alpha value is -3.22. The zero-order valence-electron chi connectivity index (χ0n) is 13.4. The first-order valence-electron chi connectivity index (χ1n) is 7.46. The number of carbonyl (C=O) groups excluding carboxylic acids is 1. The van der Waals surface area contributed by atoms with Gasteiger partial charge >= 0.3 is 0 Å². The number of H-pyrrole nitrogens is 1. The molecule has 7 nitrogen and oxygen atoms in total. The van der Waals surface area contributed by atoms with Crippen LogP contribution in [0.1, 0.15) is 27.2 Å². The number of carbonyl (C=O) groups is 1. The van der Waals surface area contributed by atoms with E-state index in [4.69, 9.17) is 4.74 Å². The third-order valence-corrected chi connectivity index (χ3v) is 3.60. The van der Waals surface area contributed by atoms with Gasteiger partial charge in [-0.05, 0) is 48.7 Å². The summed E-state index contributed by atoms with van der Waals surface area (Å²) in [5, 5.41) is 12.5. The molecule has 0 saturated carbocycles. The van der Waals surface area contributed by atoms with E-state index < -0.39 is 0 Å². The van der Waals surface area contributed by atoms with E-state index in [1.165, 1.54) is 11.8 Å². The fourth-order valence-electron chi connectivity index (χ4n) is 2.10. The van der Waals surface area contributed by atoms with Crippen molar-refractivity contribution < 1.29 is 9.53 Å². The molecule has 0 radical (unpaired) electrons. The average Bonchev–Trinajstić information content (AvgIpc) is 3.11. The van der Waals surface area contributed by atoms with Crippen LogP contribution in [0.25, 0.3) is 0 Å². The fraction of sp³-hybridized carbons (Fsp3) is 0.176. The molecule has 0 bridgehead atoms. The van der Waals surface area contributed by atoms with Gasteiger partial charge in [-0.2, -0.15) is 15.4 Å². The van der Waals surface area contributed by atoms with Crippen molar-refractivity contribution in [1.82, 2.24) is 25.7 Å². The van der Waals surface area contributed by atoms with Gasteiger partial charge in [0, 0.05) is 18.8 Å². The molecule has 3 rings (SSSR count). The molecule has 2 heterocycles. The van der Waals surface area contributed by atoms with Crippen molar-refractivity contribution in [2.24, 2.45) is 0 Å². The molecule has 0 saturated heterocycles. The molecule has 1 amide bonds. The van der Waals surface area contributed by atoms with Crippen molar-refractivity contribution in [3.05, 3.63) is 65.1 Å². The Morgan fingerprint density at radius 3 is 2.83 bits per heavy atom. The largest absolute Gasteiger partial charge is 0.439 e. The van der Waals surface area contributed by atoms with Crippen LogP contribution in [-0.4, -0.2) is 26.3 Å². The summed E-state index contributed by atoms with van der Waals surface area (Å²) < 4.78 is 5.78. The minimum absolute atomic E-state index is 0.246. The Kier molecular flexibility index (Phi) is 4.51. The van der Waals surface area contributed by atoms with Gasteiger partial charge in [-0.3, -0.25) is 4.79 Å². The van der Waals surface area contributed by atoms with Crippen LogP contribution >= 0.6 is 0 Å². The molecule has 1 aromatic carbocycles. The number of nitrogens with one attached hydrogen (secondary N) is 2. The zero-order chi connectivity index (χ0) is 16.9. The highest BCUT2D eigenvalue weighted by Gasteiger charge is 2.08. The van der Waals surface area contributed by atoms with Crippen LogP contribution in [0, 0.1) is 13.8 Å². The van der Waals surface area contributed by atoms with Gasteiger partial charge in [0.1, 0.15) is 5.75 Å². The summed E-state index contributed by atoms with van der Waals surface area (Å²) in [4.78, 5) is 16.0. The molecule has 0 aliphatic rings. The number of aromatic amines is 1. The highest BCUT2D eigenvalue weighted by Crippen LogP contribution is 2.22. The van der Waals surface area contributed by atoms with E-state index in [9.17, 15) is 4.79 Å². The Bertz CT molecular complexity index is 846. The van der Waals surface area contributed by atoms with Gasteiger partial charge in [-0.25, -0.2) is 4.98 Å². The van der Waals surface area contributed by atoms with Crippen LogP contribution in [0.2, 0.25) is 0 Å². The van der Waals surface area contributed by atoms with Gasteiger partial charge in [0.15, 0.2) is 5.69 Å². The fourth-order valence-corrected chi connectivity index (χ4v) is 2.10. The quantitative estimate of drug-likeness (QED) is 0.752. The highest BCUT2D eigenvalue weighted by molar-refractivity contribution is 5.91. The van der Waals surface area contributed by atoms with Crippen LogP contribution in [-0.2, 0) is 6.54 Å². The van der Waals surface area contributed by atoms with Crippen molar-refractivity contribution in [3.8, 4) is 11.6 Å². The average molecular weight is 323 g/mol.